The van der Waals surface area contributed by atoms with Crippen molar-refractivity contribution in [3.8, 4) is 11.5 Å². The van der Waals surface area contributed by atoms with E-state index in [1.54, 1.807) is 12.1 Å². The number of halogens is 2. The van der Waals surface area contributed by atoms with Gasteiger partial charge < -0.3 is 14.8 Å². The smallest absolute Gasteiger partial charge is 0.387 e. The molecule has 2 unspecified atom stereocenters. The van der Waals surface area contributed by atoms with Gasteiger partial charge >= 0.3 is 6.61 Å². The van der Waals surface area contributed by atoms with Gasteiger partial charge in [-0.2, -0.15) is 8.78 Å². The lowest BCUT2D eigenvalue weighted by Gasteiger charge is -2.12. The van der Waals surface area contributed by atoms with Crippen LogP contribution in [0.5, 0.6) is 11.5 Å². The second kappa shape index (κ2) is 6.19. The molecule has 0 bridgehead atoms. The number of methoxy groups -OCH3 is 1. The van der Waals surface area contributed by atoms with Crippen LogP contribution in [0.1, 0.15) is 18.9 Å². The molecule has 1 aliphatic carbocycles. The molecule has 1 N–H and O–H groups in total. The third-order valence-electron chi connectivity index (χ3n) is 3.46. The van der Waals surface area contributed by atoms with E-state index < -0.39 is 6.61 Å². The number of benzene rings is 1. The van der Waals surface area contributed by atoms with Crippen LogP contribution in [-0.4, -0.2) is 20.3 Å². The molecule has 0 saturated heterocycles. The first-order valence-corrected chi connectivity index (χ1v) is 6.42. The third kappa shape index (κ3) is 4.06. The Morgan fingerprint density at radius 1 is 1.37 bits per heavy atom. The number of ether oxygens (including phenoxy) is 2. The predicted molar refractivity (Wildman–Crippen MR) is 68.6 cm³/mol. The molecule has 1 fully saturated rings. The zero-order valence-electron chi connectivity index (χ0n) is 11.2. The van der Waals surface area contributed by atoms with Gasteiger partial charge in [-0.05, 0) is 42.5 Å². The van der Waals surface area contributed by atoms with Crippen LogP contribution < -0.4 is 14.8 Å². The van der Waals surface area contributed by atoms with Crippen molar-refractivity contribution in [2.45, 2.75) is 26.5 Å². The molecule has 5 heteroatoms. The highest BCUT2D eigenvalue weighted by molar-refractivity contribution is 5.42. The summed E-state index contributed by atoms with van der Waals surface area (Å²) in [6.45, 7) is 1.00. The summed E-state index contributed by atoms with van der Waals surface area (Å²) in [4.78, 5) is 0. The minimum Gasteiger partial charge on any atom is -0.493 e. The third-order valence-corrected chi connectivity index (χ3v) is 3.46. The molecule has 3 nitrogen and oxygen atoms in total. The molecule has 19 heavy (non-hydrogen) atoms. The van der Waals surface area contributed by atoms with E-state index in [2.05, 4.69) is 17.0 Å². The maximum absolute atomic E-state index is 12.3. The molecule has 0 heterocycles. The fraction of sp³-hybridized carbons (Fsp3) is 0.571. The quantitative estimate of drug-likeness (QED) is 0.827. The zero-order valence-corrected chi connectivity index (χ0v) is 11.2. The molecule has 1 aromatic carbocycles. The zero-order chi connectivity index (χ0) is 13.8. The van der Waals surface area contributed by atoms with Gasteiger partial charge in [0.1, 0.15) is 0 Å². The minimum absolute atomic E-state index is 0.0802. The van der Waals surface area contributed by atoms with Gasteiger partial charge in [-0.3, -0.25) is 0 Å². The van der Waals surface area contributed by atoms with Crippen molar-refractivity contribution in [3.05, 3.63) is 23.8 Å². The van der Waals surface area contributed by atoms with E-state index in [1.807, 2.05) is 6.07 Å². The summed E-state index contributed by atoms with van der Waals surface area (Å²) in [7, 11) is 1.43. The predicted octanol–water partition coefficient (Wildman–Crippen LogP) is 3.04. The fourth-order valence-electron chi connectivity index (χ4n) is 2.10. The van der Waals surface area contributed by atoms with Crippen LogP contribution in [0.15, 0.2) is 18.2 Å². The summed E-state index contributed by atoms with van der Waals surface area (Å²) in [5.74, 6) is 1.97. The molecule has 1 aliphatic rings. The lowest BCUT2D eigenvalue weighted by molar-refractivity contribution is -0.0512. The summed E-state index contributed by atoms with van der Waals surface area (Å²) < 4.78 is 34.0. The second-order valence-electron chi connectivity index (χ2n) is 4.97. The Morgan fingerprint density at radius 3 is 2.68 bits per heavy atom. The molecular weight excluding hydrogens is 252 g/mol. The number of alkyl halides is 2. The van der Waals surface area contributed by atoms with Gasteiger partial charge in [0.05, 0.1) is 7.11 Å². The first kappa shape index (κ1) is 14.1. The van der Waals surface area contributed by atoms with Gasteiger partial charge in [0, 0.05) is 6.54 Å². The van der Waals surface area contributed by atoms with Gasteiger partial charge in [-0.1, -0.05) is 13.0 Å². The molecule has 0 aromatic heterocycles. The van der Waals surface area contributed by atoms with Crippen molar-refractivity contribution < 1.29 is 18.3 Å². The average molecular weight is 271 g/mol. The molecule has 0 radical (unpaired) electrons. The Kier molecular flexibility index (Phi) is 4.58. The van der Waals surface area contributed by atoms with Crippen LogP contribution in [0.2, 0.25) is 0 Å². The maximum Gasteiger partial charge on any atom is 0.387 e. The lowest BCUT2D eigenvalue weighted by Crippen LogP contribution is -2.17. The summed E-state index contributed by atoms with van der Waals surface area (Å²) in [6.07, 6.45) is 1.27. The largest absolute Gasteiger partial charge is 0.493 e. The molecule has 0 amide bonds. The van der Waals surface area contributed by atoms with Gasteiger partial charge in [0.2, 0.25) is 0 Å². The van der Waals surface area contributed by atoms with Crippen molar-refractivity contribution in [1.29, 1.82) is 0 Å². The van der Waals surface area contributed by atoms with Crippen LogP contribution in [0.3, 0.4) is 0 Å². The second-order valence-corrected chi connectivity index (χ2v) is 4.97. The summed E-state index contributed by atoms with van der Waals surface area (Å²) in [6, 6.07) is 5.09. The lowest BCUT2D eigenvalue weighted by atomic mass is 10.2. The van der Waals surface area contributed by atoms with Crippen molar-refractivity contribution in [2.24, 2.45) is 11.8 Å². The minimum atomic E-state index is -2.84. The van der Waals surface area contributed by atoms with E-state index in [4.69, 9.17) is 4.74 Å². The Morgan fingerprint density at radius 2 is 2.11 bits per heavy atom. The van der Waals surface area contributed by atoms with Crippen molar-refractivity contribution >= 4 is 0 Å². The van der Waals surface area contributed by atoms with Crippen LogP contribution in [0.4, 0.5) is 8.78 Å². The molecule has 0 aliphatic heterocycles. The van der Waals surface area contributed by atoms with E-state index in [0.29, 0.717) is 12.3 Å². The van der Waals surface area contributed by atoms with Crippen molar-refractivity contribution in [2.75, 3.05) is 13.7 Å². The maximum atomic E-state index is 12.3. The van der Waals surface area contributed by atoms with Crippen LogP contribution in [-0.2, 0) is 6.54 Å². The summed E-state index contributed by atoms with van der Waals surface area (Å²) in [5, 5.41) is 3.33. The molecule has 2 atom stereocenters. The molecule has 1 aromatic rings. The molecule has 2 rings (SSSR count). The molecular formula is C14H19F2NO2. The average Bonchev–Trinajstić information content (AvgIpc) is 3.05. The number of hydrogen-bond donors (Lipinski definition) is 1. The van der Waals surface area contributed by atoms with E-state index in [-0.39, 0.29) is 5.75 Å². The normalized spacial score (nSPS) is 21.5. The summed E-state index contributed by atoms with van der Waals surface area (Å²) in [5.41, 5.74) is 0.907. The SMILES string of the molecule is COc1ccc(CNCC2CC2C)cc1OC(F)F. The first-order valence-electron chi connectivity index (χ1n) is 6.42. The van der Waals surface area contributed by atoms with Crippen LogP contribution in [0, 0.1) is 11.8 Å². The number of rotatable bonds is 7. The Labute approximate surface area is 111 Å². The topological polar surface area (TPSA) is 30.5 Å². The van der Waals surface area contributed by atoms with Gasteiger partial charge in [0.25, 0.3) is 0 Å². The number of nitrogens with one attached hydrogen (secondary N) is 1. The fourth-order valence-corrected chi connectivity index (χ4v) is 2.10. The van der Waals surface area contributed by atoms with Crippen molar-refractivity contribution in [1.82, 2.24) is 5.32 Å². The number of hydrogen-bond acceptors (Lipinski definition) is 3. The highest BCUT2D eigenvalue weighted by Gasteiger charge is 2.31. The van der Waals surface area contributed by atoms with Crippen LogP contribution in [0.25, 0.3) is 0 Å². The van der Waals surface area contributed by atoms with Gasteiger partial charge in [-0.25, -0.2) is 0 Å². The Bertz CT molecular complexity index is 426. The molecule has 106 valence electrons. The molecule has 1 saturated carbocycles. The first-order chi connectivity index (χ1) is 9.10. The van der Waals surface area contributed by atoms with E-state index in [0.717, 1.165) is 23.9 Å². The van der Waals surface area contributed by atoms with Crippen molar-refractivity contribution in [3.63, 3.8) is 0 Å². The van der Waals surface area contributed by atoms with Crippen LogP contribution >= 0.6 is 0 Å². The highest BCUT2D eigenvalue weighted by Crippen LogP contribution is 2.36. The Balaban J connectivity index is 1.92. The monoisotopic (exact) mass is 271 g/mol. The van der Waals surface area contributed by atoms with Gasteiger partial charge in [-0.15, -0.1) is 0 Å². The summed E-state index contributed by atoms with van der Waals surface area (Å²) >= 11 is 0. The van der Waals surface area contributed by atoms with E-state index in [9.17, 15) is 8.78 Å². The van der Waals surface area contributed by atoms with Gasteiger partial charge in [0.15, 0.2) is 11.5 Å². The standard InChI is InChI=1S/C14H19F2NO2/c1-9-5-11(9)8-17-7-10-3-4-12(18-2)13(6-10)19-14(15)16/h3-4,6,9,11,14,17H,5,7-8H2,1-2H3. The molecule has 0 spiro atoms. The van der Waals surface area contributed by atoms with E-state index in [1.165, 1.54) is 13.5 Å². The van der Waals surface area contributed by atoms with E-state index >= 15 is 0 Å². The highest BCUT2D eigenvalue weighted by atomic mass is 19.3. The Hall–Kier alpha value is -1.36.